The normalized spacial score (nSPS) is 16.9. The van der Waals surface area contributed by atoms with E-state index in [1.807, 2.05) is 42.5 Å². The standard InChI is InChI=1S/C25H22N2O3/c1-30-23-9-5-4-8-22(23)27-15-18(14-24(27)28)25(29)26-19-10-11-21-17(13-19)12-16-6-2-3-7-20(16)21/h2-11,13,18H,12,14-15H2,1H3,(H,26,29). The van der Waals surface area contributed by atoms with E-state index < -0.39 is 5.92 Å². The Morgan fingerprint density at radius 3 is 2.63 bits per heavy atom. The predicted octanol–water partition coefficient (Wildman–Crippen LogP) is 4.26. The molecule has 1 N–H and O–H groups in total. The summed E-state index contributed by atoms with van der Waals surface area (Å²) in [4.78, 5) is 27.1. The average molecular weight is 398 g/mol. The molecule has 0 radical (unpaired) electrons. The van der Waals surface area contributed by atoms with Gasteiger partial charge >= 0.3 is 0 Å². The first-order valence-electron chi connectivity index (χ1n) is 10.1. The van der Waals surface area contributed by atoms with Gasteiger partial charge in [0.15, 0.2) is 0 Å². The van der Waals surface area contributed by atoms with Gasteiger partial charge in [0.2, 0.25) is 11.8 Å². The Hall–Kier alpha value is -3.60. The van der Waals surface area contributed by atoms with Crippen molar-refractivity contribution in [3.8, 4) is 16.9 Å². The zero-order chi connectivity index (χ0) is 20.7. The lowest BCUT2D eigenvalue weighted by atomic mass is 10.0. The van der Waals surface area contributed by atoms with Gasteiger partial charge in [-0.1, -0.05) is 42.5 Å². The van der Waals surface area contributed by atoms with Crippen LogP contribution in [0.1, 0.15) is 17.5 Å². The molecule has 2 amide bonds. The number of fused-ring (bicyclic) bond motifs is 3. The second kappa shape index (κ2) is 7.34. The maximum Gasteiger partial charge on any atom is 0.229 e. The first-order chi connectivity index (χ1) is 14.6. The number of methoxy groups -OCH3 is 1. The van der Waals surface area contributed by atoms with Crippen molar-refractivity contribution in [3.05, 3.63) is 77.9 Å². The van der Waals surface area contributed by atoms with E-state index in [1.54, 1.807) is 12.0 Å². The maximum atomic E-state index is 12.9. The highest BCUT2D eigenvalue weighted by molar-refractivity contribution is 6.04. The van der Waals surface area contributed by atoms with Gasteiger partial charge < -0.3 is 15.0 Å². The Kier molecular flexibility index (Phi) is 4.51. The summed E-state index contributed by atoms with van der Waals surface area (Å²) in [5, 5.41) is 3.01. The van der Waals surface area contributed by atoms with Crippen molar-refractivity contribution >= 4 is 23.2 Å². The Balaban J connectivity index is 1.31. The molecule has 5 rings (SSSR count). The van der Waals surface area contributed by atoms with Gasteiger partial charge in [-0.3, -0.25) is 9.59 Å². The van der Waals surface area contributed by atoms with E-state index in [0.717, 1.165) is 12.1 Å². The van der Waals surface area contributed by atoms with Crippen molar-refractivity contribution in [1.82, 2.24) is 0 Å². The third-order valence-electron chi connectivity index (χ3n) is 5.93. The van der Waals surface area contributed by atoms with Crippen molar-refractivity contribution in [2.45, 2.75) is 12.8 Å². The number of rotatable bonds is 4. The summed E-state index contributed by atoms with van der Waals surface area (Å²) in [7, 11) is 1.58. The van der Waals surface area contributed by atoms with Crippen molar-refractivity contribution in [2.75, 3.05) is 23.9 Å². The highest BCUT2D eigenvalue weighted by atomic mass is 16.5. The molecule has 1 unspecified atom stereocenters. The fourth-order valence-electron chi connectivity index (χ4n) is 4.44. The molecular weight excluding hydrogens is 376 g/mol. The number of benzene rings is 3. The number of amides is 2. The molecule has 3 aromatic rings. The van der Waals surface area contributed by atoms with Gasteiger partial charge in [0.25, 0.3) is 0 Å². The molecule has 30 heavy (non-hydrogen) atoms. The van der Waals surface area contributed by atoms with Crippen LogP contribution in [0.2, 0.25) is 0 Å². The summed E-state index contributed by atoms with van der Waals surface area (Å²) in [6.45, 7) is 0.349. The van der Waals surface area contributed by atoms with Crippen LogP contribution in [-0.4, -0.2) is 25.5 Å². The van der Waals surface area contributed by atoms with Gasteiger partial charge in [0.1, 0.15) is 5.75 Å². The minimum absolute atomic E-state index is 0.0657. The number of carbonyl (C=O) groups is 2. The Bertz CT molecular complexity index is 1150. The number of nitrogens with zero attached hydrogens (tertiary/aromatic N) is 1. The highest BCUT2D eigenvalue weighted by Gasteiger charge is 2.36. The number of ether oxygens (including phenoxy) is 1. The molecule has 5 nitrogen and oxygen atoms in total. The lowest BCUT2D eigenvalue weighted by molar-refractivity contribution is -0.122. The first-order valence-corrected chi connectivity index (χ1v) is 10.1. The molecule has 2 aliphatic rings. The lowest BCUT2D eigenvalue weighted by Gasteiger charge is -2.19. The fraction of sp³-hybridized carbons (Fsp3) is 0.200. The molecular formula is C25H22N2O3. The number of hydrogen-bond donors (Lipinski definition) is 1. The lowest BCUT2D eigenvalue weighted by Crippen LogP contribution is -2.28. The van der Waals surface area contributed by atoms with Crippen LogP contribution < -0.4 is 15.0 Å². The molecule has 0 aromatic heterocycles. The molecule has 0 spiro atoms. The number of carbonyl (C=O) groups excluding carboxylic acids is 2. The topological polar surface area (TPSA) is 58.6 Å². The molecule has 0 saturated carbocycles. The summed E-state index contributed by atoms with van der Waals surface area (Å²) < 4.78 is 5.37. The highest BCUT2D eigenvalue weighted by Crippen LogP contribution is 2.38. The van der Waals surface area contributed by atoms with Crippen molar-refractivity contribution < 1.29 is 14.3 Å². The third-order valence-corrected chi connectivity index (χ3v) is 5.93. The van der Waals surface area contributed by atoms with E-state index >= 15 is 0 Å². The minimum atomic E-state index is -0.395. The number of para-hydroxylation sites is 2. The van der Waals surface area contributed by atoms with Gasteiger partial charge in [-0.2, -0.15) is 0 Å². The summed E-state index contributed by atoms with van der Waals surface area (Å²) >= 11 is 0. The smallest absolute Gasteiger partial charge is 0.229 e. The van der Waals surface area contributed by atoms with Gasteiger partial charge in [0.05, 0.1) is 18.7 Å². The zero-order valence-electron chi connectivity index (χ0n) is 16.7. The molecule has 1 heterocycles. The molecule has 1 atom stereocenters. The maximum absolute atomic E-state index is 12.9. The van der Waals surface area contributed by atoms with Crippen LogP contribution in [0.25, 0.3) is 11.1 Å². The van der Waals surface area contributed by atoms with E-state index in [9.17, 15) is 9.59 Å². The second-order valence-corrected chi connectivity index (χ2v) is 7.77. The van der Waals surface area contributed by atoms with Crippen LogP contribution in [0.5, 0.6) is 5.75 Å². The Labute approximate surface area is 175 Å². The Morgan fingerprint density at radius 1 is 1.00 bits per heavy atom. The van der Waals surface area contributed by atoms with E-state index in [2.05, 4.69) is 29.6 Å². The van der Waals surface area contributed by atoms with Crippen molar-refractivity contribution in [2.24, 2.45) is 5.92 Å². The summed E-state index contributed by atoms with van der Waals surface area (Å²) in [6, 6.07) is 21.8. The molecule has 0 bridgehead atoms. The number of nitrogens with one attached hydrogen (secondary N) is 1. The number of anilines is 2. The quantitative estimate of drug-likeness (QED) is 0.559. The summed E-state index contributed by atoms with van der Waals surface area (Å²) in [6.07, 6.45) is 1.07. The van der Waals surface area contributed by atoms with E-state index in [1.165, 1.54) is 22.3 Å². The zero-order valence-corrected chi connectivity index (χ0v) is 16.7. The number of hydrogen-bond acceptors (Lipinski definition) is 3. The predicted molar refractivity (Wildman–Crippen MR) is 117 cm³/mol. The molecule has 1 aliphatic heterocycles. The summed E-state index contributed by atoms with van der Waals surface area (Å²) in [5.41, 5.74) is 6.49. The van der Waals surface area contributed by atoms with Gasteiger partial charge in [-0.05, 0) is 52.9 Å². The molecule has 150 valence electrons. The average Bonchev–Trinajstić information content (AvgIpc) is 3.33. The van der Waals surface area contributed by atoms with E-state index in [-0.39, 0.29) is 18.2 Å². The van der Waals surface area contributed by atoms with Crippen molar-refractivity contribution in [3.63, 3.8) is 0 Å². The molecule has 3 aromatic carbocycles. The van der Waals surface area contributed by atoms with E-state index in [4.69, 9.17) is 4.74 Å². The van der Waals surface area contributed by atoms with Gasteiger partial charge in [0, 0.05) is 18.7 Å². The second-order valence-electron chi connectivity index (χ2n) is 7.77. The largest absolute Gasteiger partial charge is 0.495 e. The van der Waals surface area contributed by atoms with Gasteiger partial charge in [-0.15, -0.1) is 0 Å². The van der Waals surface area contributed by atoms with Gasteiger partial charge in [-0.25, -0.2) is 0 Å². The third kappa shape index (κ3) is 3.12. The molecule has 1 saturated heterocycles. The van der Waals surface area contributed by atoms with Crippen LogP contribution in [0, 0.1) is 5.92 Å². The van der Waals surface area contributed by atoms with Crippen LogP contribution in [0.15, 0.2) is 66.7 Å². The molecule has 1 fully saturated rings. The van der Waals surface area contributed by atoms with Crippen LogP contribution in [0.3, 0.4) is 0 Å². The SMILES string of the molecule is COc1ccccc1N1CC(C(=O)Nc2ccc3c(c2)Cc2ccccc2-3)CC1=O. The summed E-state index contributed by atoms with van der Waals surface area (Å²) in [5.74, 6) is 0.0400. The van der Waals surface area contributed by atoms with Crippen LogP contribution in [0.4, 0.5) is 11.4 Å². The van der Waals surface area contributed by atoms with Crippen molar-refractivity contribution in [1.29, 1.82) is 0 Å². The molecule has 5 heteroatoms. The Morgan fingerprint density at radius 2 is 1.77 bits per heavy atom. The van der Waals surface area contributed by atoms with E-state index in [0.29, 0.717) is 18.0 Å². The van der Waals surface area contributed by atoms with Crippen LogP contribution >= 0.6 is 0 Å². The first kappa shape index (κ1) is 18.4. The van der Waals surface area contributed by atoms with Crippen LogP contribution in [-0.2, 0) is 16.0 Å². The molecule has 1 aliphatic carbocycles. The monoisotopic (exact) mass is 398 g/mol. The minimum Gasteiger partial charge on any atom is -0.495 e. The fourth-order valence-corrected chi connectivity index (χ4v) is 4.44.